The molecular formula is C13H19NO. The number of fused-ring (bicyclic) bond motifs is 1. The van der Waals surface area contributed by atoms with E-state index in [1.165, 1.54) is 17.5 Å². The Bertz CT molecular complexity index is 322. The van der Waals surface area contributed by atoms with E-state index in [9.17, 15) is 0 Å². The number of hydrogen-bond acceptors (Lipinski definition) is 2. The van der Waals surface area contributed by atoms with Crippen molar-refractivity contribution >= 4 is 0 Å². The van der Waals surface area contributed by atoms with E-state index in [4.69, 9.17) is 5.11 Å². The SMILES string of the molecule is CC(O)CCNCC1Cc2ccccc21. The molecule has 2 unspecified atom stereocenters. The molecule has 1 aromatic rings. The number of rotatable bonds is 5. The fourth-order valence-electron chi connectivity index (χ4n) is 2.13. The Morgan fingerprint density at radius 2 is 2.27 bits per heavy atom. The average Bonchev–Trinajstić information content (AvgIpc) is 2.18. The lowest BCUT2D eigenvalue weighted by atomic mass is 9.77. The molecule has 1 aliphatic carbocycles. The predicted molar refractivity (Wildman–Crippen MR) is 62.1 cm³/mol. The van der Waals surface area contributed by atoms with Gasteiger partial charge in [0, 0.05) is 12.5 Å². The maximum absolute atomic E-state index is 9.11. The van der Waals surface area contributed by atoms with Crippen molar-refractivity contribution in [2.24, 2.45) is 0 Å². The van der Waals surface area contributed by atoms with Crippen molar-refractivity contribution < 1.29 is 5.11 Å². The monoisotopic (exact) mass is 205 g/mol. The first-order chi connectivity index (χ1) is 7.27. The van der Waals surface area contributed by atoms with Crippen molar-refractivity contribution in [1.29, 1.82) is 0 Å². The molecule has 2 rings (SSSR count). The van der Waals surface area contributed by atoms with Crippen LogP contribution in [0.2, 0.25) is 0 Å². The molecule has 2 nitrogen and oxygen atoms in total. The molecule has 0 saturated heterocycles. The van der Waals surface area contributed by atoms with Gasteiger partial charge in [0.2, 0.25) is 0 Å². The molecule has 0 aromatic heterocycles. The largest absolute Gasteiger partial charge is 0.393 e. The third-order valence-electron chi connectivity index (χ3n) is 3.09. The summed E-state index contributed by atoms with van der Waals surface area (Å²) in [5, 5.41) is 12.5. The van der Waals surface area contributed by atoms with Crippen LogP contribution in [0.4, 0.5) is 0 Å². The predicted octanol–water partition coefficient (Wildman–Crippen LogP) is 1.69. The van der Waals surface area contributed by atoms with Gasteiger partial charge in [-0.15, -0.1) is 0 Å². The fraction of sp³-hybridized carbons (Fsp3) is 0.538. The van der Waals surface area contributed by atoms with Crippen molar-refractivity contribution in [3.05, 3.63) is 35.4 Å². The van der Waals surface area contributed by atoms with Crippen molar-refractivity contribution in [3.63, 3.8) is 0 Å². The number of aliphatic hydroxyl groups is 1. The molecule has 2 N–H and O–H groups in total. The minimum atomic E-state index is -0.189. The van der Waals surface area contributed by atoms with Gasteiger partial charge in [0.1, 0.15) is 0 Å². The van der Waals surface area contributed by atoms with Crippen LogP contribution in [0.15, 0.2) is 24.3 Å². The minimum Gasteiger partial charge on any atom is -0.393 e. The van der Waals surface area contributed by atoms with Gasteiger partial charge in [-0.2, -0.15) is 0 Å². The normalized spacial score (nSPS) is 20.5. The molecule has 2 atom stereocenters. The number of nitrogens with one attached hydrogen (secondary N) is 1. The summed E-state index contributed by atoms with van der Waals surface area (Å²) in [6, 6.07) is 8.65. The first-order valence-electron chi connectivity index (χ1n) is 5.74. The maximum atomic E-state index is 9.11. The summed E-state index contributed by atoms with van der Waals surface area (Å²) in [5.74, 6) is 0.690. The van der Waals surface area contributed by atoms with Crippen LogP contribution in [0, 0.1) is 0 Å². The summed E-state index contributed by atoms with van der Waals surface area (Å²) in [7, 11) is 0. The third-order valence-corrected chi connectivity index (χ3v) is 3.09. The van der Waals surface area contributed by atoms with Crippen LogP contribution in [0.5, 0.6) is 0 Å². The minimum absolute atomic E-state index is 0.189. The Morgan fingerprint density at radius 1 is 1.47 bits per heavy atom. The zero-order valence-corrected chi connectivity index (χ0v) is 9.24. The van der Waals surface area contributed by atoms with Crippen LogP contribution in [0.3, 0.4) is 0 Å². The Morgan fingerprint density at radius 3 is 3.00 bits per heavy atom. The van der Waals surface area contributed by atoms with Gasteiger partial charge in [-0.1, -0.05) is 24.3 Å². The molecule has 1 aliphatic rings. The summed E-state index contributed by atoms with van der Waals surface area (Å²) in [6.07, 6.45) is 1.86. The van der Waals surface area contributed by atoms with Gasteiger partial charge in [-0.3, -0.25) is 0 Å². The van der Waals surface area contributed by atoms with E-state index in [0.29, 0.717) is 5.92 Å². The van der Waals surface area contributed by atoms with Crippen LogP contribution in [-0.4, -0.2) is 24.3 Å². The van der Waals surface area contributed by atoms with Crippen LogP contribution >= 0.6 is 0 Å². The highest BCUT2D eigenvalue weighted by molar-refractivity contribution is 5.40. The lowest BCUT2D eigenvalue weighted by molar-refractivity contribution is 0.183. The molecule has 0 heterocycles. The van der Waals surface area contributed by atoms with E-state index in [-0.39, 0.29) is 6.10 Å². The lowest BCUT2D eigenvalue weighted by Gasteiger charge is -2.30. The van der Waals surface area contributed by atoms with Crippen LogP contribution in [0.1, 0.15) is 30.4 Å². The highest BCUT2D eigenvalue weighted by atomic mass is 16.3. The summed E-state index contributed by atoms with van der Waals surface area (Å²) in [5.41, 5.74) is 3.00. The summed E-state index contributed by atoms with van der Waals surface area (Å²) in [6.45, 7) is 3.79. The zero-order chi connectivity index (χ0) is 10.7. The third kappa shape index (κ3) is 2.58. The number of hydrogen-bond donors (Lipinski definition) is 2. The molecule has 0 fully saturated rings. The Hall–Kier alpha value is -0.860. The van der Waals surface area contributed by atoms with Crippen LogP contribution in [0.25, 0.3) is 0 Å². The van der Waals surface area contributed by atoms with E-state index < -0.39 is 0 Å². The fourth-order valence-corrected chi connectivity index (χ4v) is 2.13. The summed E-state index contributed by atoms with van der Waals surface area (Å²) < 4.78 is 0. The average molecular weight is 205 g/mol. The van der Waals surface area contributed by atoms with Gasteiger partial charge >= 0.3 is 0 Å². The molecular weight excluding hydrogens is 186 g/mol. The van der Waals surface area contributed by atoms with Gasteiger partial charge in [-0.25, -0.2) is 0 Å². The number of benzene rings is 1. The first-order valence-corrected chi connectivity index (χ1v) is 5.74. The Balaban J connectivity index is 1.71. The van der Waals surface area contributed by atoms with Crippen molar-refractivity contribution in [3.8, 4) is 0 Å². The molecule has 0 saturated carbocycles. The topological polar surface area (TPSA) is 32.3 Å². The number of aliphatic hydroxyl groups excluding tert-OH is 1. The van der Waals surface area contributed by atoms with E-state index in [1.807, 2.05) is 6.92 Å². The quantitative estimate of drug-likeness (QED) is 0.717. The lowest BCUT2D eigenvalue weighted by Crippen LogP contribution is -2.30. The van der Waals surface area contributed by atoms with Crippen LogP contribution < -0.4 is 5.32 Å². The van der Waals surface area contributed by atoms with E-state index in [2.05, 4.69) is 29.6 Å². The zero-order valence-electron chi connectivity index (χ0n) is 9.24. The molecule has 0 bridgehead atoms. The van der Waals surface area contributed by atoms with Crippen molar-refractivity contribution in [1.82, 2.24) is 5.32 Å². The molecule has 2 heteroatoms. The van der Waals surface area contributed by atoms with Gasteiger partial charge < -0.3 is 10.4 Å². The van der Waals surface area contributed by atoms with Crippen molar-refractivity contribution in [2.45, 2.75) is 31.8 Å². The van der Waals surface area contributed by atoms with Gasteiger partial charge in [0.05, 0.1) is 6.10 Å². The van der Waals surface area contributed by atoms with Gasteiger partial charge in [0.15, 0.2) is 0 Å². The maximum Gasteiger partial charge on any atom is 0.0524 e. The molecule has 0 spiro atoms. The Kier molecular flexibility index (Phi) is 3.39. The smallest absolute Gasteiger partial charge is 0.0524 e. The van der Waals surface area contributed by atoms with Crippen molar-refractivity contribution in [2.75, 3.05) is 13.1 Å². The molecule has 15 heavy (non-hydrogen) atoms. The van der Waals surface area contributed by atoms with Gasteiger partial charge in [-0.05, 0) is 37.4 Å². The molecule has 0 radical (unpaired) electrons. The highest BCUT2D eigenvalue weighted by Gasteiger charge is 2.24. The van der Waals surface area contributed by atoms with E-state index >= 15 is 0 Å². The molecule has 0 aliphatic heterocycles. The van der Waals surface area contributed by atoms with E-state index in [1.54, 1.807) is 0 Å². The summed E-state index contributed by atoms with van der Waals surface area (Å²) in [4.78, 5) is 0. The standard InChI is InChI=1S/C13H19NO/c1-10(15)6-7-14-9-12-8-11-4-2-3-5-13(11)12/h2-5,10,12,14-15H,6-9H2,1H3. The second-order valence-electron chi connectivity index (χ2n) is 4.44. The first kappa shape index (κ1) is 10.7. The summed E-state index contributed by atoms with van der Waals surface area (Å²) >= 11 is 0. The molecule has 0 amide bonds. The van der Waals surface area contributed by atoms with Crippen LogP contribution in [-0.2, 0) is 6.42 Å². The van der Waals surface area contributed by atoms with E-state index in [0.717, 1.165) is 19.5 Å². The molecule has 1 aromatic carbocycles. The van der Waals surface area contributed by atoms with Gasteiger partial charge in [0.25, 0.3) is 0 Å². The molecule has 82 valence electrons. The second-order valence-corrected chi connectivity index (χ2v) is 4.44. The second kappa shape index (κ2) is 4.77. The highest BCUT2D eigenvalue weighted by Crippen LogP contribution is 2.33. The Labute approximate surface area is 91.3 Å².